The molecule has 1 amide bonds. The minimum Gasteiger partial charge on any atom is -0.437 e. The lowest BCUT2D eigenvalue weighted by Crippen LogP contribution is -2.26. The van der Waals surface area contributed by atoms with Crippen molar-refractivity contribution in [1.82, 2.24) is 20.1 Å². The lowest BCUT2D eigenvalue weighted by atomic mass is 10.1. The molecule has 30 heavy (non-hydrogen) atoms. The molecule has 2 N–H and O–H groups in total. The van der Waals surface area contributed by atoms with Crippen molar-refractivity contribution in [1.29, 1.82) is 0 Å². The van der Waals surface area contributed by atoms with E-state index in [1.807, 2.05) is 6.20 Å². The maximum absolute atomic E-state index is 12.5. The molecule has 4 aromatic rings. The molecule has 2 aromatic heterocycles. The summed E-state index contributed by atoms with van der Waals surface area (Å²) in [6, 6.07) is 13.3. The molecule has 8 heteroatoms. The second kappa shape index (κ2) is 7.93. The number of H-pyrrole nitrogens is 1. The summed E-state index contributed by atoms with van der Waals surface area (Å²) < 4.78 is 5.80. The first-order valence-corrected chi connectivity index (χ1v) is 10.2. The highest BCUT2D eigenvalue weighted by atomic mass is 35.5. The summed E-state index contributed by atoms with van der Waals surface area (Å²) in [4.78, 5) is 19.3. The summed E-state index contributed by atoms with van der Waals surface area (Å²) >= 11 is 5.88. The average molecular weight is 422 g/mol. The van der Waals surface area contributed by atoms with Gasteiger partial charge in [-0.1, -0.05) is 23.7 Å². The highest BCUT2D eigenvalue weighted by Crippen LogP contribution is 2.21. The zero-order valence-corrected chi connectivity index (χ0v) is 16.9. The van der Waals surface area contributed by atoms with Crippen molar-refractivity contribution >= 4 is 34.1 Å². The van der Waals surface area contributed by atoms with E-state index in [0.29, 0.717) is 10.7 Å². The van der Waals surface area contributed by atoms with E-state index in [-0.39, 0.29) is 11.8 Å². The van der Waals surface area contributed by atoms with Gasteiger partial charge in [0.1, 0.15) is 5.76 Å². The van der Waals surface area contributed by atoms with Gasteiger partial charge in [0.15, 0.2) is 0 Å². The third kappa shape index (κ3) is 3.94. The largest absolute Gasteiger partial charge is 0.437 e. The molecule has 5 rings (SSSR count). The van der Waals surface area contributed by atoms with Crippen LogP contribution in [0.4, 0.5) is 5.69 Å². The molecule has 0 saturated carbocycles. The predicted octanol–water partition coefficient (Wildman–Crippen LogP) is 4.06. The van der Waals surface area contributed by atoms with Crippen LogP contribution < -0.4 is 5.32 Å². The summed E-state index contributed by atoms with van der Waals surface area (Å²) in [6.45, 7) is 2.56. The Morgan fingerprint density at radius 1 is 1.17 bits per heavy atom. The van der Waals surface area contributed by atoms with Gasteiger partial charge in [0.2, 0.25) is 0 Å². The summed E-state index contributed by atoms with van der Waals surface area (Å²) in [7, 11) is 0. The van der Waals surface area contributed by atoms with Crippen LogP contribution in [0, 0.1) is 0 Å². The highest BCUT2D eigenvalue weighted by Gasteiger charge is 2.23. The number of hydrogen-bond donors (Lipinski definition) is 2. The van der Waals surface area contributed by atoms with Crippen LogP contribution in [-0.2, 0) is 19.4 Å². The maximum atomic E-state index is 12.5. The number of nitrogens with one attached hydrogen (secondary N) is 2. The first-order valence-electron chi connectivity index (χ1n) is 9.84. The third-order valence-corrected chi connectivity index (χ3v) is 5.56. The van der Waals surface area contributed by atoms with Crippen LogP contribution in [-0.4, -0.2) is 39.1 Å². The number of benzene rings is 2. The standard InChI is InChI=1S/C22H20ClN5O2/c23-16-3-5-17(6-4-16)25-21(29)22-26-18-7-9-28(10-8-20(18)30-22)13-14-1-2-15-12-24-27-19(15)11-14/h1-6,11-12H,7-10,13H2,(H,24,27)(H,25,29). The summed E-state index contributed by atoms with van der Waals surface area (Å²) in [5.41, 5.74) is 3.80. The number of aromatic nitrogens is 3. The van der Waals surface area contributed by atoms with Crippen molar-refractivity contribution < 1.29 is 9.21 Å². The number of amides is 1. The zero-order chi connectivity index (χ0) is 20.5. The molecular weight excluding hydrogens is 402 g/mol. The molecule has 1 aliphatic rings. The number of halogens is 1. The Hall–Kier alpha value is -3.16. The SMILES string of the molecule is O=C(Nc1ccc(Cl)cc1)c1nc2c(o1)CCN(Cc1ccc3cn[nH]c3c1)CC2. The number of fused-ring (bicyclic) bond motifs is 2. The lowest BCUT2D eigenvalue weighted by molar-refractivity contribution is 0.0988. The van der Waals surface area contributed by atoms with Crippen molar-refractivity contribution in [3.63, 3.8) is 0 Å². The Labute approximate surface area is 178 Å². The molecule has 0 spiro atoms. The Morgan fingerprint density at radius 3 is 2.87 bits per heavy atom. The first-order chi connectivity index (χ1) is 14.6. The fourth-order valence-electron chi connectivity index (χ4n) is 3.72. The topological polar surface area (TPSA) is 87.1 Å². The number of aromatic amines is 1. The van der Waals surface area contributed by atoms with Crippen LogP contribution in [0.3, 0.4) is 0 Å². The second-order valence-electron chi connectivity index (χ2n) is 7.42. The normalized spacial score (nSPS) is 14.4. The number of anilines is 1. The monoisotopic (exact) mass is 421 g/mol. The van der Waals surface area contributed by atoms with Crippen molar-refractivity contribution in [2.24, 2.45) is 0 Å². The Kier molecular flexibility index (Phi) is 4.98. The number of oxazole rings is 1. The summed E-state index contributed by atoms with van der Waals surface area (Å²) in [5.74, 6) is 0.547. The van der Waals surface area contributed by atoms with Gasteiger partial charge in [-0.25, -0.2) is 4.98 Å². The van der Waals surface area contributed by atoms with E-state index in [9.17, 15) is 4.79 Å². The van der Waals surface area contributed by atoms with Crippen molar-refractivity contribution in [3.8, 4) is 0 Å². The minimum absolute atomic E-state index is 0.105. The van der Waals surface area contributed by atoms with Gasteiger partial charge >= 0.3 is 5.91 Å². The van der Waals surface area contributed by atoms with Gasteiger partial charge in [0.05, 0.1) is 17.4 Å². The van der Waals surface area contributed by atoms with Crippen LogP contribution in [0.5, 0.6) is 0 Å². The molecule has 2 aromatic carbocycles. The smallest absolute Gasteiger partial charge is 0.311 e. The number of carbonyl (C=O) groups excluding carboxylic acids is 1. The number of carbonyl (C=O) groups is 1. The van der Waals surface area contributed by atoms with Crippen LogP contribution in [0.1, 0.15) is 27.7 Å². The van der Waals surface area contributed by atoms with Gasteiger partial charge in [0, 0.05) is 48.6 Å². The highest BCUT2D eigenvalue weighted by molar-refractivity contribution is 6.30. The fraction of sp³-hybridized carbons (Fsp3) is 0.227. The van der Waals surface area contributed by atoms with E-state index in [4.69, 9.17) is 16.0 Å². The van der Waals surface area contributed by atoms with E-state index in [1.165, 1.54) is 5.56 Å². The molecule has 1 aliphatic heterocycles. The van der Waals surface area contributed by atoms with Crippen LogP contribution in [0.25, 0.3) is 10.9 Å². The quantitative estimate of drug-likeness (QED) is 0.519. The van der Waals surface area contributed by atoms with E-state index in [0.717, 1.165) is 54.8 Å². The van der Waals surface area contributed by atoms with Gasteiger partial charge in [-0.2, -0.15) is 5.10 Å². The molecule has 152 valence electrons. The molecule has 3 heterocycles. The molecule has 0 bridgehead atoms. The Balaban J connectivity index is 1.23. The Morgan fingerprint density at radius 2 is 2.00 bits per heavy atom. The van der Waals surface area contributed by atoms with E-state index in [2.05, 4.69) is 43.6 Å². The van der Waals surface area contributed by atoms with Gasteiger partial charge in [0.25, 0.3) is 5.89 Å². The minimum atomic E-state index is -0.352. The number of rotatable bonds is 4. The summed E-state index contributed by atoms with van der Waals surface area (Å²) in [6.07, 6.45) is 3.30. The third-order valence-electron chi connectivity index (χ3n) is 5.31. The van der Waals surface area contributed by atoms with Gasteiger partial charge < -0.3 is 9.73 Å². The second-order valence-corrected chi connectivity index (χ2v) is 7.85. The van der Waals surface area contributed by atoms with Gasteiger partial charge in [-0.15, -0.1) is 0 Å². The maximum Gasteiger partial charge on any atom is 0.311 e. The van der Waals surface area contributed by atoms with Crippen molar-refractivity contribution in [2.45, 2.75) is 19.4 Å². The van der Waals surface area contributed by atoms with Crippen molar-refractivity contribution in [3.05, 3.63) is 76.6 Å². The average Bonchev–Trinajstić information content (AvgIpc) is 3.34. The Bertz CT molecular complexity index is 1170. The molecule has 7 nitrogen and oxygen atoms in total. The van der Waals surface area contributed by atoms with Crippen LogP contribution >= 0.6 is 11.6 Å². The molecule has 0 unspecified atom stereocenters. The number of nitrogens with zero attached hydrogens (tertiary/aromatic N) is 3. The zero-order valence-electron chi connectivity index (χ0n) is 16.2. The van der Waals surface area contributed by atoms with Crippen molar-refractivity contribution in [2.75, 3.05) is 18.4 Å². The molecule has 0 saturated heterocycles. The number of hydrogen-bond acceptors (Lipinski definition) is 5. The predicted molar refractivity (Wildman–Crippen MR) is 115 cm³/mol. The molecule has 0 fully saturated rings. The first kappa shape index (κ1) is 18.8. The van der Waals surface area contributed by atoms with Crippen LogP contribution in [0.2, 0.25) is 5.02 Å². The molecule has 0 radical (unpaired) electrons. The van der Waals surface area contributed by atoms with Crippen LogP contribution in [0.15, 0.2) is 53.1 Å². The van der Waals surface area contributed by atoms with Gasteiger partial charge in [-0.05, 0) is 35.9 Å². The lowest BCUT2D eigenvalue weighted by Gasteiger charge is -2.19. The van der Waals surface area contributed by atoms with Gasteiger partial charge in [-0.3, -0.25) is 14.8 Å². The van der Waals surface area contributed by atoms with E-state index >= 15 is 0 Å². The van der Waals surface area contributed by atoms with E-state index < -0.39 is 0 Å². The molecular formula is C22H20ClN5O2. The molecule has 0 atom stereocenters. The van der Waals surface area contributed by atoms with E-state index in [1.54, 1.807) is 24.3 Å². The summed E-state index contributed by atoms with van der Waals surface area (Å²) in [5, 5.41) is 11.6. The fourth-order valence-corrected chi connectivity index (χ4v) is 3.85. The molecule has 0 aliphatic carbocycles.